The summed E-state index contributed by atoms with van der Waals surface area (Å²) in [6.45, 7) is 0.573. The molecule has 2 aromatic rings. The predicted molar refractivity (Wildman–Crippen MR) is 74.7 cm³/mol. The van der Waals surface area contributed by atoms with E-state index in [1.807, 2.05) is 24.3 Å². The SMILES string of the molecule is CO[C@H]1Cc2ccccc2N(C(=O)c2cscn2)C1. The van der Waals surface area contributed by atoms with E-state index in [-0.39, 0.29) is 12.0 Å². The molecule has 0 unspecified atom stereocenters. The van der Waals surface area contributed by atoms with Gasteiger partial charge in [-0.15, -0.1) is 11.3 Å². The molecule has 0 fully saturated rings. The van der Waals surface area contributed by atoms with Gasteiger partial charge in [0.05, 0.1) is 18.2 Å². The third-order valence-corrected chi connectivity index (χ3v) is 3.93. The molecule has 1 aliphatic heterocycles. The van der Waals surface area contributed by atoms with Crippen molar-refractivity contribution in [3.05, 3.63) is 46.4 Å². The third kappa shape index (κ3) is 2.27. The molecule has 1 atom stereocenters. The molecule has 0 saturated carbocycles. The molecule has 0 N–H and O–H groups in total. The summed E-state index contributed by atoms with van der Waals surface area (Å²) in [7, 11) is 1.68. The molecule has 1 aromatic heterocycles. The van der Waals surface area contributed by atoms with Gasteiger partial charge in [-0.1, -0.05) is 18.2 Å². The van der Waals surface area contributed by atoms with Crippen LogP contribution < -0.4 is 4.90 Å². The lowest BCUT2D eigenvalue weighted by molar-refractivity contribution is 0.0867. The van der Waals surface area contributed by atoms with E-state index in [2.05, 4.69) is 4.98 Å². The first-order chi connectivity index (χ1) is 9.29. The maximum absolute atomic E-state index is 12.5. The molecule has 0 saturated heterocycles. The van der Waals surface area contributed by atoms with Gasteiger partial charge in [0.1, 0.15) is 5.69 Å². The first-order valence-corrected chi connectivity index (χ1v) is 7.04. The average Bonchev–Trinajstić information content (AvgIpc) is 2.99. The molecule has 0 radical (unpaired) electrons. The Bertz CT molecular complexity index is 583. The Morgan fingerprint density at radius 2 is 2.32 bits per heavy atom. The largest absolute Gasteiger partial charge is 0.379 e. The number of para-hydroxylation sites is 1. The summed E-state index contributed by atoms with van der Waals surface area (Å²) in [5.41, 5.74) is 4.28. The molecule has 3 rings (SSSR count). The van der Waals surface area contributed by atoms with Gasteiger partial charge in [0.25, 0.3) is 5.91 Å². The minimum absolute atomic E-state index is 0.0393. The summed E-state index contributed by atoms with van der Waals surface area (Å²) in [6, 6.07) is 7.96. The monoisotopic (exact) mass is 274 g/mol. The fourth-order valence-corrected chi connectivity index (χ4v) is 2.89. The molecule has 0 aliphatic carbocycles. The van der Waals surface area contributed by atoms with Crippen LogP contribution >= 0.6 is 11.3 Å². The van der Waals surface area contributed by atoms with Gasteiger partial charge in [-0.2, -0.15) is 0 Å². The molecule has 0 spiro atoms. The van der Waals surface area contributed by atoms with Crippen molar-refractivity contribution in [2.45, 2.75) is 12.5 Å². The first kappa shape index (κ1) is 12.3. The topological polar surface area (TPSA) is 42.4 Å². The molecular weight excluding hydrogens is 260 g/mol. The fourth-order valence-electron chi connectivity index (χ4n) is 2.37. The number of methoxy groups -OCH3 is 1. The zero-order valence-electron chi connectivity index (χ0n) is 10.6. The summed E-state index contributed by atoms with van der Waals surface area (Å²) in [5, 5.41) is 1.78. The highest BCUT2D eigenvalue weighted by Gasteiger charge is 2.29. The fraction of sp³-hybridized carbons (Fsp3) is 0.286. The van der Waals surface area contributed by atoms with Gasteiger partial charge in [0.2, 0.25) is 0 Å². The summed E-state index contributed by atoms with van der Waals surface area (Å²) in [6.07, 6.45) is 0.880. The average molecular weight is 274 g/mol. The van der Waals surface area contributed by atoms with Crippen molar-refractivity contribution < 1.29 is 9.53 Å². The Kier molecular flexibility index (Phi) is 3.31. The van der Waals surface area contributed by atoms with Crippen molar-refractivity contribution in [1.82, 2.24) is 4.98 Å². The normalized spacial score (nSPS) is 18.2. The number of amides is 1. The summed E-state index contributed by atoms with van der Waals surface area (Å²) in [4.78, 5) is 18.4. The van der Waals surface area contributed by atoms with E-state index in [0.29, 0.717) is 12.2 Å². The number of nitrogens with zero attached hydrogens (tertiary/aromatic N) is 2. The summed E-state index contributed by atoms with van der Waals surface area (Å²) >= 11 is 1.43. The number of anilines is 1. The van der Waals surface area contributed by atoms with Crippen LogP contribution in [0.5, 0.6) is 0 Å². The van der Waals surface area contributed by atoms with Crippen molar-refractivity contribution in [3.8, 4) is 0 Å². The van der Waals surface area contributed by atoms with Crippen molar-refractivity contribution in [2.75, 3.05) is 18.6 Å². The molecule has 5 heteroatoms. The minimum Gasteiger partial charge on any atom is -0.379 e. The number of hydrogen-bond donors (Lipinski definition) is 0. The molecule has 1 aromatic carbocycles. The van der Waals surface area contributed by atoms with E-state index in [4.69, 9.17) is 4.74 Å². The lowest BCUT2D eigenvalue weighted by Gasteiger charge is -2.33. The van der Waals surface area contributed by atoms with Crippen LogP contribution in [0.25, 0.3) is 0 Å². The number of aromatic nitrogens is 1. The highest BCUT2D eigenvalue weighted by molar-refractivity contribution is 7.07. The lowest BCUT2D eigenvalue weighted by Crippen LogP contribution is -2.43. The van der Waals surface area contributed by atoms with Gasteiger partial charge in [-0.25, -0.2) is 4.98 Å². The maximum atomic E-state index is 12.5. The number of carbonyl (C=O) groups excluding carboxylic acids is 1. The van der Waals surface area contributed by atoms with E-state index in [1.165, 1.54) is 11.3 Å². The van der Waals surface area contributed by atoms with Crippen LogP contribution in [0.3, 0.4) is 0 Å². The van der Waals surface area contributed by atoms with Gasteiger partial charge in [-0.3, -0.25) is 4.79 Å². The van der Waals surface area contributed by atoms with Crippen molar-refractivity contribution in [1.29, 1.82) is 0 Å². The number of benzene rings is 1. The van der Waals surface area contributed by atoms with E-state index >= 15 is 0 Å². The van der Waals surface area contributed by atoms with Gasteiger partial charge in [-0.05, 0) is 11.6 Å². The standard InChI is InChI=1S/C14H14N2O2S/c1-18-11-6-10-4-2-3-5-13(10)16(7-11)14(17)12-8-19-9-15-12/h2-5,8-9,11H,6-7H2,1H3/t11-/m0/s1. The number of carbonyl (C=O) groups is 1. The molecule has 1 aliphatic rings. The molecule has 1 amide bonds. The van der Waals surface area contributed by atoms with Crippen LogP contribution in [-0.4, -0.2) is 30.6 Å². The number of fused-ring (bicyclic) bond motifs is 1. The smallest absolute Gasteiger partial charge is 0.277 e. The zero-order chi connectivity index (χ0) is 13.2. The second-order valence-electron chi connectivity index (χ2n) is 4.48. The molecule has 98 valence electrons. The first-order valence-electron chi connectivity index (χ1n) is 6.10. The highest BCUT2D eigenvalue weighted by atomic mass is 32.1. The Morgan fingerprint density at radius 3 is 3.05 bits per heavy atom. The number of rotatable bonds is 2. The molecule has 0 bridgehead atoms. The molecule has 2 heterocycles. The van der Waals surface area contributed by atoms with E-state index in [0.717, 1.165) is 17.7 Å². The second-order valence-corrected chi connectivity index (χ2v) is 5.20. The quantitative estimate of drug-likeness (QED) is 0.844. The minimum atomic E-state index is -0.0598. The van der Waals surface area contributed by atoms with Gasteiger partial charge >= 0.3 is 0 Å². The lowest BCUT2D eigenvalue weighted by atomic mass is 9.99. The predicted octanol–water partition coefficient (Wildman–Crippen LogP) is 2.36. The van der Waals surface area contributed by atoms with Crippen molar-refractivity contribution in [3.63, 3.8) is 0 Å². The summed E-state index contributed by atoms with van der Waals surface area (Å²) < 4.78 is 5.43. The van der Waals surface area contributed by atoms with E-state index in [1.54, 1.807) is 22.9 Å². The summed E-state index contributed by atoms with van der Waals surface area (Å²) in [5.74, 6) is -0.0598. The van der Waals surface area contributed by atoms with Gasteiger partial charge in [0, 0.05) is 24.6 Å². The van der Waals surface area contributed by atoms with Crippen molar-refractivity contribution >= 4 is 22.9 Å². The Hall–Kier alpha value is -1.72. The molecule has 19 heavy (non-hydrogen) atoms. The maximum Gasteiger partial charge on any atom is 0.277 e. The number of hydrogen-bond acceptors (Lipinski definition) is 4. The zero-order valence-corrected chi connectivity index (χ0v) is 11.4. The van der Waals surface area contributed by atoms with E-state index < -0.39 is 0 Å². The van der Waals surface area contributed by atoms with Crippen molar-refractivity contribution in [2.24, 2.45) is 0 Å². The van der Waals surface area contributed by atoms with E-state index in [9.17, 15) is 4.79 Å². The van der Waals surface area contributed by atoms with Gasteiger partial charge in [0.15, 0.2) is 0 Å². The van der Waals surface area contributed by atoms with Crippen LogP contribution in [-0.2, 0) is 11.2 Å². The molecule has 4 nitrogen and oxygen atoms in total. The van der Waals surface area contributed by atoms with Crippen LogP contribution in [0.15, 0.2) is 35.2 Å². The number of ether oxygens (including phenoxy) is 1. The molecular formula is C14H14N2O2S. The Morgan fingerprint density at radius 1 is 1.47 bits per heavy atom. The van der Waals surface area contributed by atoms with Gasteiger partial charge < -0.3 is 9.64 Å². The Labute approximate surface area is 115 Å². The highest BCUT2D eigenvalue weighted by Crippen LogP contribution is 2.29. The van der Waals surface area contributed by atoms with Crippen LogP contribution in [0.2, 0.25) is 0 Å². The third-order valence-electron chi connectivity index (χ3n) is 3.35. The van der Waals surface area contributed by atoms with Crippen LogP contribution in [0.1, 0.15) is 16.1 Å². The van der Waals surface area contributed by atoms with Crippen LogP contribution in [0, 0.1) is 0 Å². The Balaban J connectivity index is 1.98. The van der Waals surface area contributed by atoms with Crippen LogP contribution in [0.4, 0.5) is 5.69 Å². The number of thiazole rings is 1. The second kappa shape index (κ2) is 5.11.